The van der Waals surface area contributed by atoms with Crippen molar-refractivity contribution in [1.29, 1.82) is 0 Å². The van der Waals surface area contributed by atoms with Crippen molar-refractivity contribution < 1.29 is 9.59 Å². The molecule has 2 aromatic carbocycles. The van der Waals surface area contributed by atoms with Gasteiger partial charge in [-0.1, -0.05) is 61.3 Å². The average Bonchev–Trinajstić information content (AvgIpc) is 2.61. The smallest absolute Gasteiger partial charge is 0.251 e. The van der Waals surface area contributed by atoms with E-state index in [1.807, 2.05) is 51.1 Å². The fourth-order valence-electron chi connectivity index (χ4n) is 2.64. The van der Waals surface area contributed by atoms with Crippen LogP contribution in [0.4, 0.5) is 0 Å². The predicted octanol–water partition coefficient (Wildman–Crippen LogP) is 4.06. The third-order valence-electron chi connectivity index (χ3n) is 4.27. The number of aryl methyl sites for hydroxylation is 1. The van der Waals surface area contributed by atoms with E-state index in [1.165, 1.54) is 0 Å². The Bertz CT molecular complexity index is 772. The van der Waals surface area contributed by atoms with Crippen LogP contribution in [0.3, 0.4) is 0 Å². The Balaban J connectivity index is 2.10. The van der Waals surface area contributed by atoms with E-state index >= 15 is 0 Å². The summed E-state index contributed by atoms with van der Waals surface area (Å²) >= 11 is 6.18. The van der Waals surface area contributed by atoms with Gasteiger partial charge in [0.2, 0.25) is 5.91 Å². The quantitative estimate of drug-likeness (QED) is 0.831. The number of benzene rings is 2. The molecule has 0 heterocycles. The van der Waals surface area contributed by atoms with Gasteiger partial charge in [-0.05, 0) is 36.6 Å². The van der Waals surface area contributed by atoms with Crippen LogP contribution in [-0.4, -0.2) is 29.8 Å². The van der Waals surface area contributed by atoms with E-state index in [0.717, 1.165) is 11.1 Å². The first-order valence-electron chi connectivity index (χ1n) is 8.65. The minimum absolute atomic E-state index is 0.0365. The molecule has 0 fully saturated rings. The van der Waals surface area contributed by atoms with Gasteiger partial charge >= 0.3 is 0 Å². The molecule has 1 unspecified atom stereocenters. The highest BCUT2D eigenvalue weighted by Gasteiger charge is 2.27. The van der Waals surface area contributed by atoms with E-state index in [2.05, 4.69) is 5.32 Å². The fourth-order valence-corrected chi connectivity index (χ4v) is 2.84. The van der Waals surface area contributed by atoms with Gasteiger partial charge in [0.05, 0.1) is 0 Å². The van der Waals surface area contributed by atoms with Crippen molar-refractivity contribution in [1.82, 2.24) is 10.2 Å². The van der Waals surface area contributed by atoms with Crippen LogP contribution in [0.2, 0.25) is 5.02 Å². The van der Waals surface area contributed by atoms with Gasteiger partial charge < -0.3 is 10.2 Å². The summed E-state index contributed by atoms with van der Waals surface area (Å²) in [5, 5.41) is 3.49. The first-order valence-corrected chi connectivity index (χ1v) is 9.03. The summed E-state index contributed by atoms with van der Waals surface area (Å²) in [5.41, 5.74) is 2.50. The predicted molar refractivity (Wildman–Crippen MR) is 105 cm³/mol. The molecule has 2 aromatic rings. The molecular weight excluding hydrogens is 348 g/mol. The van der Waals surface area contributed by atoms with Crippen molar-refractivity contribution in [3.05, 3.63) is 70.2 Å². The normalized spacial score (nSPS) is 11.9. The van der Waals surface area contributed by atoms with Gasteiger partial charge in [-0.25, -0.2) is 0 Å². The molecule has 26 heavy (non-hydrogen) atoms. The molecule has 1 N–H and O–H groups in total. The van der Waals surface area contributed by atoms with Crippen molar-refractivity contribution in [2.24, 2.45) is 5.92 Å². The number of carbonyl (C=O) groups excluding carboxylic acids is 2. The maximum atomic E-state index is 12.9. The Hall–Kier alpha value is -2.33. The van der Waals surface area contributed by atoms with Gasteiger partial charge in [-0.3, -0.25) is 9.59 Å². The highest BCUT2D eigenvalue weighted by Crippen LogP contribution is 2.17. The number of nitrogens with one attached hydrogen (secondary N) is 1. The Labute approximate surface area is 160 Å². The third-order valence-corrected chi connectivity index (χ3v) is 4.64. The lowest BCUT2D eigenvalue weighted by Gasteiger charge is -2.27. The van der Waals surface area contributed by atoms with Crippen LogP contribution in [0.25, 0.3) is 0 Å². The molecule has 0 aromatic heterocycles. The van der Waals surface area contributed by atoms with Crippen LogP contribution in [0, 0.1) is 12.8 Å². The fraction of sp³-hybridized carbons (Fsp3) is 0.333. The van der Waals surface area contributed by atoms with Crippen LogP contribution in [0.15, 0.2) is 48.5 Å². The zero-order valence-corrected chi connectivity index (χ0v) is 16.4. The van der Waals surface area contributed by atoms with Crippen molar-refractivity contribution in [3.63, 3.8) is 0 Å². The number of likely N-dealkylation sites (N-methyl/N-ethyl adjacent to an activating group) is 1. The Morgan fingerprint density at radius 2 is 1.69 bits per heavy atom. The second-order valence-corrected chi connectivity index (χ2v) is 7.25. The maximum absolute atomic E-state index is 12.9. The van der Waals surface area contributed by atoms with E-state index in [4.69, 9.17) is 11.6 Å². The number of nitrogens with zero attached hydrogens (tertiary/aromatic N) is 1. The van der Waals surface area contributed by atoms with Gasteiger partial charge in [-0.2, -0.15) is 0 Å². The Morgan fingerprint density at radius 3 is 2.27 bits per heavy atom. The number of halogens is 1. The molecule has 4 nitrogen and oxygen atoms in total. The summed E-state index contributed by atoms with van der Waals surface area (Å²) in [6.07, 6.45) is 0. The molecule has 2 amide bonds. The molecule has 0 saturated carbocycles. The molecular formula is C21H25ClN2O2. The van der Waals surface area contributed by atoms with E-state index in [1.54, 1.807) is 30.1 Å². The summed E-state index contributed by atoms with van der Waals surface area (Å²) in [6.45, 7) is 6.19. The monoisotopic (exact) mass is 372 g/mol. The summed E-state index contributed by atoms with van der Waals surface area (Å²) in [4.78, 5) is 27.0. The molecule has 5 heteroatoms. The summed E-state index contributed by atoms with van der Waals surface area (Å²) in [5.74, 6) is -0.422. The van der Waals surface area contributed by atoms with Crippen molar-refractivity contribution in [2.75, 3.05) is 7.05 Å². The topological polar surface area (TPSA) is 49.4 Å². The molecule has 0 aliphatic rings. The highest BCUT2D eigenvalue weighted by atomic mass is 35.5. The summed E-state index contributed by atoms with van der Waals surface area (Å²) in [6, 6.07) is 14.1. The largest absolute Gasteiger partial charge is 0.340 e. The third kappa shape index (κ3) is 5.09. The lowest BCUT2D eigenvalue weighted by atomic mass is 10.0. The van der Waals surface area contributed by atoms with Gasteiger partial charge in [-0.15, -0.1) is 0 Å². The number of hydrogen-bond acceptors (Lipinski definition) is 2. The SMILES string of the molecule is Cc1ccc(C(=O)NC(C(=O)N(C)Cc2ccccc2Cl)C(C)C)cc1. The molecule has 0 spiro atoms. The molecule has 0 radical (unpaired) electrons. The van der Waals surface area contributed by atoms with Crippen molar-refractivity contribution in [3.8, 4) is 0 Å². The molecule has 2 rings (SSSR count). The molecule has 0 aliphatic heterocycles. The maximum Gasteiger partial charge on any atom is 0.251 e. The van der Waals surface area contributed by atoms with Crippen LogP contribution < -0.4 is 5.32 Å². The van der Waals surface area contributed by atoms with E-state index < -0.39 is 6.04 Å². The van der Waals surface area contributed by atoms with Crippen LogP contribution in [0.1, 0.15) is 35.3 Å². The van der Waals surface area contributed by atoms with Gasteiger partial charge in [0.1, 0.15) is 6.04 Å². The molecule has 0 aliphatic carbocycles. The van der Waals surface area contributed by atoms with Gasteiger partial charge in [0, 0.05) is 24.2 Å². The zero-order valence-electron chi connectivity index (χ0n) is 15.6. The molecule has 138 valence electrons. The minimum atomic E-state index is -0.601. The molecule has 1 atom stereocenters. The highest BCUT2D eigenvalue weighted by molar-refractivity contribution is 6.31. The van der Waals surface area contributed by atoms with Crippen LogP contribution in [-0.2, 0) is 11.3 Å². The summed E-state index contributed by atoms with van der Waals surface area (Å²) < 4.78 is 0. The van der Waals surface area contributed by atoms with E-state index in [0.29, 0.717) is 17.1 Å². The summed E-state index contributed by atoms with van der Waals surface area (Å²) in [7, 11) is 1.72. The molecule has 0 saturated heterocycles. The number of hydrogen-bond donors (Lipinski definition) is 1. The second-order valence-electron chi connectivity index (χ2n) is 6.85. The lowest BCUT2D eigenvalue weighted by Crippen LogP contribution is -2.50. The minimum Gasteiger partial charge on any atom is -0.340 e. The van der Waals surface area contributed by atoms with Crippen molar-refractivity contribution >= 4 is 23.4 Å². The Kier molecular flexibility index (Phi) is 6.81. The van der Waals surface area contributed by atoms with Gasteiger partial charge in [0.15, 0.2) is 0 Å². The van der Waals surface area contributed by atoms with Crippen LogP contribution in [0.5, 0.6) is 0 Å². The number of amides is 2. The van der Waals surface area contributed by atoms with Crippen molar-refractivity contribution in [2.45, 2.75) is 33.4 Å². The van der Waals surface area contributed by atoms with E-state index in [-0.39, 0.29) is 17.7 Å². The van der Waals surface area contributed by atoms with Crippen LogP contribution >= 0.6 is 11.6 Å². The Morgan fingerprint density at radius 1 is 1.08 bits per heavy atom. The first kappa shape index (κ1) is 20.0. The first-order chi connectivity index (χ1) is 12.3. The standard InChI is InChI=1S/C21H25ClN2O2/c1-14(2)19(23-20(25)16-11-9-15(3)10-12-16)21(26)24(4)13-17-7-5-6-8-18(17)22/h5-12,14,19H,13H2,1-4H3,(H,23,25). The number of carbonyl (C=O) groups is 2. The second kappa shape index (κ2) is 8.86. The number of rotatable bonds is 6. The molecule has 0 bridgehead atoms. The zero-order chi connectivity index (χ0) is 19.3. The lowest BCUT2D eigenvalue weighted by molar-refractivity contribution is -0.133. The van der Waals surface area contributed by atoms with Gasteiger partial charge in [0.25, 0.3) is 5.91 Å². The van der Waals surface area contributed by atoms with E-state index in [9.17, 15) is 9.59 Å². The average molecular weight is 373 g/mol.